The van der Waals surface area contributed by atoms with Crippen molar-refractivity contribution in [1.82, 2.24) is 4.98 Å². The van der Waals surface area contributed by atoms with Gasteiger partial charge in [0.25, 0.3) is 5.91 Å². The fourth-order valence-corrected chi connectivity index (χ4v) is 2.23. The van der Waals surface area contributed by atoms with Crippen molar-refractivity contribution in [2.45, 2.75) is 0 Å². The van der Waals surface area contributed by atoms with Gasteiger partial charge in [-0.3, -0.25) is 9.59 Å². The number of primary amides is 1. The lowest BCUT2D eigenvalue weighted by molar-refractivity contribution is 0.0996. The predicted molar refractivity (Wildman–Crippen MR) is 81.2 cm³/mol. The molecule has 4 N–H and O–H groups in total. The molecule has 1 aromatic heterocycles. The zero-order chi connectivity index (χ0) is 14.8. The first-order valence-electron chi connectivity index (χ1n) is 6.42. The molecular weight excluding hydrogens is 266 g/mol. The number of aromatic nitrogens is 1. The molecule has 0 spiro atoms. The van der Waals surface area contributed by atoms with Crippen LogP contribution in [0.2, 0.25) is 0 Å². The molecule has 0 aliphatic heterocycles. The number of hydrogen-bond acceptors (Lipinski definition) is 2. The number of carbonyl (C=O) groups is 2. The van der Waals surface area contributed by atoms with Crippen molar-refractivity contribution in [3.8, 4) is 0 Å². The van der Waals surface area contributed by atoms with Gasteiger partial charge in [0.1, 0.15) is 0 Å². The molecule has 5 heteroatoms. The Morgan fingerprint density at radius 3 is 2.67 bits per heavy atom. The number of nitrogens with one attached hydrogen (secondary N) is 2. The summed E-state index contributed by atoms with van der Waals surface area (Å²) in [5.41, 5.74) is 7.58. The van der Waals surface area contributed by atoms with Gasteiger partial charge in [0, 0.05) is 33.9 Å². The van der Waals surface area contributed by atoms with Crippen LogP contribution < -0.4 is 11.1 Å². The highest BCUT2D eigenvalue weighted by Gasteiger charge is 2.11. The Morgan fingerprint density at radius 1 is 1.05 bits per heavy atom. The van der Waals surface area contributed by atoms with Gasteiger partial charge in [-0.25, -0.2) is 0 Å². The number of rotatable bonds is 3. The number of anilines is 1. The Bertz CT molecular complexity index is 836. The van der Waals surface area contributed by atoms with E-state index in [-0.39, 0.29) is 5.91 Å². The summed E-state index contributed by atoms with van der Waals surface area (Å²) in [6.07, 6.45) is 1.79. The molecule has 0 saturated carbocycles. The molecule has 3 rings (SSSR count). The van der Waals surface area contributed by atoms with Gasteiger partial charge in [-0.05, 0) is 36.4 Å². The lowest BCUT2D eigenvalue weighted by Crippen LogP contribution is -2.14. The molecule has 0 bridgehead atoms. The SMILES string of the molecule is NC(=O)c1cccc(NC(=O)c2cccc3[nH]ccc23)c1. The van der Waals surface area contributed by atoms with E-state index >= 15 is 0 Å². The Kier molecular flexibility index (Phi) is 3.16. The molecule has 0 saturated heterocycles. The minimum absolute atomic E-state index is 0.234. The molecule has 0 radical (unpaired) electrons. The summed E-state index contributed by atoms with van der Waals surface area (Å²) >= 11 is 0. The Morgan fingerprint density at radius 2 is 1.86 bits per heavy atom. The highest BCUT2D eigenvalue weighted by Crippen LogP contribution is 2.19. The standard InChI is InChI=1S/C16H13N3O2/c17-15(20)10-3-1-4-11(9-10)19-16(21)13-5-2-6-14-12(13)7-8-18-14/h1-9,18H,(H2,17,20)(H,19,21). The Labute approximate surface area is 120 Å². The molecule has 21 heavy (non-hydrogen) atoms. The van der Waals surface area contributed by atoms with Crippen molar-refractivity contribution < 1.29 is 9.59 Å². The van der Waals surface area contributed by atoms with Gasteiger partial charge < -0.3 is 16.0 Å². The molecule has 0 fully saturated rings. The summed E-state index contributed by atoms with van der Waals surface area (Å²) in [5.74, 6) is -0.763. The topological polar surface area (TPSA) is 88.0 Å². The van der Waals surface area contributed by atoms with E-state index in [1.54, 1.807) is 36.5 Å². The Balaban J connectivity index is 1.91. The normalized spacial score (nSPS) is 10.5. The van der Waals surface area contributed by atoms with Crippen LogP contribution in [0.5, 0.6) is 0 Å². The monoisotopic (exact) mass is 279 g/mol. The van der Waals surface area contributed by atoms with Crippen LogP contribution in [0.3, 0.4) is 0 Å². The van der Waals surface area contributed by atoms with Crippen LogP contribution in [0.15, 0.2) is 54.7 Å². The van der Waals surface area contributed by atoms with Gasteiger partial charge in [0.15, 0.2) is 0 Å². The summed E-state index contributed by atoms with van der Waals surface area (Å²) < 4.78 is 0. The molecule has 2 aromatic carbocycles. The van der Waals surface area contributed by atoms with Crippen LogP contribution >= 0.6 is 0 Å². The van der Waals surface area contributed by atoms with Crippen molar-refractivity contribution in [2.24, 2.45) is 5.73 Å². The average Bonchev–Trinajstić information content (AvgIpc) is 2.95. The van der Waals surface area contributed by atoms with Crippen LogP contribution in [-0.4, -0.2) is 16.8 Å². The van der Waals surface area contributed by atoms with Crippen LogP contribution in [0, 0.1) is 0 Å². The fourth-order valence-electron chi connectivity index (χ4n) is 2.23. The smallest absolute Gasteiger partial charge is 0.256 e. The molecule has 2 amide bonds. The number of aromatic amines is 1. The van der Waals surface area contributed by atoms with Crippen molar-refractivity contribution in [2.75, 3.05) is 5.32 Å². The van der Waals surface area contributed by atoms with E-state index in [1.165, 1.54) is 0 Å². The van der Waals surface area contributed by atoms with Gasteiger partial charge in [-0.2, -0.15) is 0 Å². The molecule has 0 atom stereocenters. The number of H-pyrrole nitrogens is 1. The number of nitrogens with two attached hydrogens (primary N) is 1. The van der Waals surface area contributed by atoms with E-state index in [4.69, 9.17) is 5.73 Å². The summed E-state index contributed by atoms with van der Waals surface area (Å²) in [5, 5.41) is 3.62. The molecule has 1 heterocycles. The van der Waals surface area contributed by atoms with E-state index in [9.17, 15) is 9.59 Å². The second-order valence-electron chi connectivity index (χ2n) is 4.64. The lowest BCUT2D eigenvalue weighted by Gasteiger charge is -2.07. The number of amides is 2. The average molecular weight is 279 g/mol. The highest BCUT2D eigenvalue weighted by atomic mass is 16.2. The predicted octanol–water partition coefficient (Wildman–Crippen LogP) is 2.52. The molecule has 0 aliphatic rings. The third kappa shape index (κ3) is 2.49. The van der Waals surface area contributed by atoms with Crippen molar-refractivity contribution in [1.29, 1.82) is 0 Å². The van der Waals surface area contributed by atoms with Crippen LogP contribution in [0.1, 0.15) is 20.7 Å². The summed E-state index contributed by atoms with van der Waals surface area (Å²) in [6.45, 7) is 0. The van der Waals surface area contributed by atoms with E-state index < -0.39 is 5.91 Å². The third-order valence-electron chi connectivity index (χ3n) is 3.24. The highest BCUT2D eigenvalue weighted by molar-refractivity contribution is 6.12. The molecule has 104 valence electrons. The zero-order valence-electron chi connectivity index (χ0n) is 11.1. The second kappa shape index (κ2) is 5.13. The summed E-state index contributed by atoms with van der Waals surface area (Å²) in [7, 11) is 0. The first-order valence-corrected chi connectivity index (χ1v) is 6.42. The van der Waals surface area contributed by atoms with Gasteiger partial charge >= 0.3 is 0 Å². The minimum Gasteiger partial charge on any atom is -0.366 e. The maximum Gasteiger partial charge on any atom is 0.256 e. The molecular formula is C16H13N3O2. The van der Waals surface area contributed by atoms with E-state index in [1.807, 2.05) is 18.2 Å². The van der Waals surface area contributed by atoms with Gasteiger partial charge in [-0.1, -0.05) is 12.1 Å². The van der Waals surface area contributed by atoms with Gasteiger partial charge in [-0.15, -0.1) is 0 Å². The van der Waals surface area contributed by atoms with Crippen molar-refractivity contribution in [3.63, 3.8) is 0 Å². The quantitative estimate of drug-likeness (QED) is 0.687. The van der Waals surface area contributed by atoms with Gasteiger partial charge in [0.05, 0.1) is 0 Å². The first-order chi connectivity index (χ1) is 10.1. The molecule has 0 aliphatic carbocycles. The van der Waals surface area contributed by atoms with E-state index in [0.717, 1.165) is 10.9 Å². The Hall–Kier alpha value is -3.08. The minimum atomic E-state index is -0.529. The van der Waals surface area contributed by atoms with Crippen molar-refractivity contribution in [3.05, 3.63) is 65.9 Å². The number of carbonyl (C=O) groups excluding carboxylic acids is 2. The summed E-state index contributed by atoms with van der Waals surface area (Å²) in [4.78, 5) is 26.6. The first kappa shape index (κ1) is 12.9. The maximum absolute atomic E-state index is 12.4. The van der Waals surface area contributed by atoms with Crippen LogP contribution in [0.25, 0.3) is 10.9 Å². The number of fused-ring (bicyclic) bond motifs is 1. The zero-order valence-corrected chi connectivity index (χ0v) is 11.1. The van der Waals surface area contributed by atoms with Crippen LogP contribution in [-0.2, 0) is 0 Å². The van der Waals surface area contributed by atoms with Crippen molar-refractivity contribution >= 4 is 28.4 Å². The molecule has 0 unspecified atom stereocenters. The molecule has 5 nitrogen and oxygen atoms in total. The summed E-state index contributed by atoms with van der Waals surface area (Å²) in [6, 6.07) is 13.9. The third-order valence-corrected chi connectivity index (χ3v) is 3.24. The molecule has 3 aromatic rings. The fraction of sp³-hybridized carbons (Fsp3) is 0. The number of hydrogen-bond donors (Lipinski definition) is 3. The van der Waals surface area contributed by atoms with Gasteiger partial charge in [0.2, 0.25) is 5.91 Å². The van der Waals surface area contributed by atoms with E-state index in [0.29, 0.717) is 16.8 Å². The second-order valence-corrected chi connectivity index (χ2v) is 4.64. The van der Waals surface area contributed by atoms with E-state index in [2.05, 4.69) is 10.3 Å². The largest absolute Gasteiger partial charge is 0.366 e. The lowest BCUT2D eigenvalue weighted by atomic mass is 10.1. The number of benzene rings is 2. The maximum atomic E-state index is 12.4. The van der Waals surface area contributed by atoms with Crippen LogP contribution in [0.4, 0.5) is 5.69 Å².